The fourth-order valence-electron chi connectivity index (χ4n) is 3.72. The van der Waals surface area contributed by atoms with Crippen LogP contribution in [0.15, 0.2) is 30.3 Å². The van der Waals surface area contributed by atoms with Gasteiger partial charge < -0.3 is 20.2 Å². The first-order chi connectivity index (χ1) is 13.6. The Balaban J connectivity index is 2.14. The summed E-state index contributed by atoms with van der Waals surface area (Å²) in [4.78, 5) is 3.71. The van der Waals surface area contributed by atoms with Gasteiger partial charge in [0.25, 0.3) is 0 Å². The number of H-pyrrole nitrogens is 1. The third-order valence-electron chi connectivity index (χ3n) is 5.33. The summed E-state index contributed by atoms with van der Waals surface area (Å²) in [5, 5.41) is 1.31. The van der Waals surface area contributed by atoms with Crippen molar-refractivity contribution in [2.45, 2.75) is 47.0 Å². The Morgan fingerprint density at radius 3 is 2.39 bits per heavy atom. The summed E-state index contributed by atoms with van der Waals surface area (Å²) in [5.74, 6) is 1.59. The first-order valence-electron chi connectivity index (χ1n) is 10.3. The maximum Gasteiger partial charge on any atom is 0.161 e. The Hall–Kier alpha value is -2.46. The van der Waals surface area contributed by atoms with Crippen molar-refractivity contribution in [2.24, 2.45) is 5.73 Å². The van der Waals surface area contributed by atoms with E-state index in [2.05, 4.69) is 43.1 Å². The topological polar surface area (TPSA) is 60.3 Å². The van der Waals surface area contributed by atoms with Crippen molar-refractivity contribution in [1.29, 1.82) is 0 Å². The number of nitrogens with one attached hydrogen (secondary N) is 1. The molecule has 0 fully saturated rings. The van der Waals surface area contributed by atoms with Crippen molar-refractivity contribution >= 4 is 10.9 Å². The Morgan fingerprint density at radius 2 is 1.68 bits per heavy atom. The van der Waals surface area contributed by atoms with E-state index in [1.165, 1.54) is 33.3 Å². The van der Waals surface area contributed by atoms with Gasteiger partial charge in [0.05, 0.1) is 13.2 Å². The summed E-state index contributed by atoms with van der Waals surface area (Å²) < 4.78 is 11.6. The molecule has 0 radical (unpaired) electrons. The molecule has 2 aromatic carbocycles. The van der Waals surface area contributed by atoms with Crippen LogP contribution in [0.25, 0.3) is 22.2 Å². The molecule has 0 spiro atoms. The Bertz CT molecular complexity index is 943. The van der Waals surface area contributed by atoms with Crippen molar-refractivity contribution in [3.05, 3.63) is 47.0 Å². The van der Waals surface area contributed by atoms with E-state index < -0.39 is 0 Å². The minimum atomic E-state index is 0.609. The summed E-state index contributed by atoms with van der Waals surface area (Å²) in [6, 6.07) is 10.7. The van der Waals surface area contributed by atoms with E-state index in [9.17, 15) is 0 Å². The number of aryl methyl sites for hydroxylation is 3. The number of aromatic nitrogens is 1. The van der Waals surface area contributed by atoms with E-state index in [0.717, 1.165) is 42.9 Å². The van der Waals surface area contributed by atoms with Crippen LogP contribution in [-0.4, -0.2) is 24.7 Å². The van der Waals surface area contributed by atoms with Gasteiger partial charge in [-0.3, -0.25) is 0 Å². The molecule has 0 aliphatic rings. The van der Waals surface area contributed by atoms with Crippen LogP contribution in [0.2, 0.25) is 0 Å². The molecular formula is C24H32N2O2. The third kappa shape index (κ3) is 4.02. The second-order valence-electron chi connectivity index (χ2n) is 7.18. The highest BCUT2D eigenvalue weighted by atomic mass is 16.5. The molecule has 4 nitrogen and oxygen atoms in total. The summed E-state index contributed by atoms with van der Waals surface area (Å²) >= 11 is 0. The molecule has 1 heterocycles. The number of benzene rings is 2. The minimum Gasteiger partial charge on any atom is -0.490 e. The van der Waals surface area contributed by atoms with Gasteiger partial charge in [-0.15, -0.1) is 0 Å². The molecule has 0 amide bonds. The van der Waals surface area contributed by atoms with Gasteiger partial charge >= 0.3 is 0 Å². The van der Waals surface area contributed by atoms with E-state index in [0.29, 0.717) is 13.2 Å². The molecular weight excluding hydrogens is 348 g/mol. The lowest BCUT2D eigenvalue weighted by atomic mass is 9.98. The minimum absolute atomic E-state index is 0.609. The van der Waals surface area contributed by atoms with Gasteiger partial charge in [0.2, 0.25) is 0 Å². The maximum atomic E-state index is 5.85. The zero-order valence-electron chi connectivity index (χ0n) is 17.5. The summed E-state index contributed by atoms with van der Waals surface area (Å²) in [7, 11) is 0. The molecule has 3 aromatic rings. The largest absolute Gasteiger partial charge is 0.490 e. The van der Waals surface area contributed by atoms with Crippen LogP contribution in [0.4, 0.5) is 0 Å². The Labute approximate surface area is 168 Å². The number of unbranched alkanes of at least 4 members (excludes halogenated alkanes) is 1. The lowest BCUT2D eigenvalue weighted by Crippen LogP contribution is -2.00. The predicted octanol–water partition coefficient (Wildman–Crippen LogP) is 5.53. The van der Waals surface area contributed by atoms with Crippen molar-refractivity contribution in [2.75, 3.05) is 19.8 Å². The lowest BCUT2D eigenvalue weighted by molar-refractivity contribution is 0.288. The quantitative estimate of drug-likeness (QED) is 0.480. The van der Waals surface area contributed by atoms with Crippen molar-refractivity contribution in [1.82, 2.24) is 4.98 Å². The monoisotopic (exact) mass is 380 g/mol. The smallest absolute Gasteiger partial charge is 0.161 e. The normalized spacial score (nSPS) is 11.2. The number of aromatic amines is 1. The van der Waals surface area contributed by atoms with Crippen LogP contribution in [0.5, 0.6) is 11.5 Å². The van der Waals surface area contributed by atoms with Crippen molar-refractivity contribution < 1.29 is 9.47 Å². The molecule has 28 heavy (non-hydrogen) atoms. The fraction of sp³-hybridized carbons (Fsp3) is 0.417. The first kappa shape index (κ1) is 20.3. The summed E-state index contributed by atoms with van der Waals surface area (Å²) in [6.45, 7) is 10.3. The molecule has 0 atom stereocenters. The molecule has 3 rings (SSSR count). The molecule has 0 aliphatic carbocycles. The standard InChI is InChI=1S/C24H32N2O2/c1-5-27-21-13-11-18(15-22(21)28-6-2)24-19(9-7-8-14-25)20-12-10-16(3)17(4)23(20)26-24/h10-13,15,26H,5-9,14,25H2,1-4H3. The SMILES string of the molecule is CCOc1ccc(-c2[nH]c3c(C)c(C)ccc3c2CCCCN)cc1OCC. The summed E-state index contributed by atoms with van der Waals surface area (Å²) in [5.41, 5.74) is 13.2. The van der Waals surface area contributed by atoms with E-state index in [4.69, 9.17) is 15.2 Å². The van der Waals surface area contributed by atoms with Crippen LogP contribution < -0.4 is 15.2 Å². The molecule has 0 saturated carbocycles. The number of ether oxygens (including phenoxy) is 2. The molecule has 150 valence electrons. The van der Waals surface area contributed by atoms with Crippen molar-refractivity contribution in [3.63, 3.8) is 0 Å². The molecule has 1 aromatic heterocycles. The van der Waals surface area contributed by atoms with Gasteiger partial charge in [-0.1, -0.05) is 12.1 Å². The zero-order chi connectivity index (χ0) is 20.1. The molecule has 3 N–H and O–H groups in total. The second-order valence-corrected chi connectivity index (χ2v) is 7.18. The maximum absolute atomic E-state index is 5.85. The van der Waals surface area contributed by atoms with Crippen LogP contribution in [-0.2, 0) is 6.42 Å². The van der Waals surface area contributed by atoms with E-state index in [-0.39, 0.29) is 0 Å². The van der Waals surface area contributed by atoms with Crippen molar-refractivity contribution in [3.8, 4) is 22.8 Å². The van der Waals surface area contributed by atoms with Gasteiger partial charge in [-0.25, -0.2) is 0 Å². The van der Waals surface area contributed by atoms with Crippen LogP contribution in [0, 0.1) is 13.8 Å². The average Bonchev–Trinajstić information content (AvgIpc) is 3.06. The zero-order valence-corrected chi connectivity index (χ0v) is 17.5. The number of fused-ring (bicyclic) bond motifs is 1. The van der Waals surface area contributed by atoms with Gasteiger partial charge in [0.15, 0.2) is 11.5 Å². The number of hydrogen-bond donors (Lipinski definition) is 2. The molecule has 0 aliphatic heterocycles. The number of hydrogen-bond acceptors (Lipinski definition) is 3. The average molecular weight is 381 g/mol. The predicted molar refractivity (Wildman–Crippen MR) is 118 cm³/mol. The van der Waals surface area contributed by atoms with E-state index in [1.54, 1.807) is 0 Å². The molecule has 0 saturated heterocycles. The second kappa shape index (κ2) is 9.16. The fourth-order valence-corrected chi connectivity index (χ4v) is 3.72. The van der Waals surface area contributed by atoms with Gasteiger partial charge in [0.1, 0.15) is 0 Å². The van der Waals surface area contributed by atoms with Gasteiger partial charge in [-0.05, 0) is 88.4 Å². The van der Waals surface area contributed by atoms with E-state index >= 15 is 0 Å². The lowest BCUT2D eigenvalue weighted by Gasteiger charge is -2.13. The number of nitrogens with two attached hydrogens (primary N) is 1. The number of rotatable bonds is 9. The third-order valence-corrected chi connectivity index (χ3v) is 5.33. The van der Waals surface area contributed by atoms with Crippen LogP contribution in [0.3, 0.4) is 0 Å². The van der Waals surface area contributed by atoms with Gasteiger partial charge in [-0.2, -0.15) is 0 Å². The highest BCUT2D eigenvalue weighted by Crippen LogP contribution is 2.38. The van der Waals surface area contributed by atoms with Crippen LogP contribution >= 0.6 is 0 Å². The first-order valence-corrected chi connectivity index (χ1v) is 10.3. The highest BCUT2D eigenvalue weighted by molar-refractivity contribution is 5.93. The molecule has 0 bridgehead atoms. The van der Waals surface area contributed by atoms with E-state index in [1.807, 2.05) is 19.9 Å². The molecule has 4 heteroatoms. The highest BCUT2D eigenvalue weighted by Gasteiger charge is 2.17. The summed E-state index contributed by atoms with van der Waals surface area (Å²) in [6.07, 6.45) is 3.12. The Morgan fingerprint density at radius 1 is 0.929 bits per heavy atom. The van der Waals surface area contributed by atoms with Gasteiger partial charge in [0, 0.05) is 22.2 Å². The Kier molecular flexibility index (Phi) is 6.63. The van der Waals surface area contributed by atoms with Crippen LogP contribution in [0.1, 0.15) is 43.4 Å². The molecule has 0 unspecified atom stereocenters.